The van der Waals surface area contributed by atoms with Crippen LogP contribution in [-0.4, -0.2) is 30.1 Å². The number of aromatic hydroxyl groups is 2. The van der Waals surface area contributed by atoms with E-state index < -0.39 is 0 Å². The van der Waals surface area contributed by atoms with E-state index in [0.717, 1.165) is 120 Å². The summed E-state index contributed by atoms with van der Waals surface area (Å²) < 4.78 is 2.07. The van der Waals surface area contributed by atoms with Crippen molar-refractivity contribution in [1.82, 2.24) is 19.9 Å². The zero-order chi connectivity index (χ0) is 53.8. The second-order valence-electron chi connectivity index (χ2n) is 26.4. The number of phenols is 2. The summed E-state index contributed by atoms with van der Waals surface area (Å²) in [6.45, 7) is 39.5. The van der Waals surface area contributed by atoms with Gasteiger partial charge >= 0.3 is 0 Å². The molecule has 0 fully saturated rings. The van der Waals surface area contributed by atoms with Gasteiger partial charge in [0.05, 0.1) is 28.5 Å². The number of hydrogen-bond donors (Lipinski definition) is 2. The Kier molecular flexibility index (Phi) is 16.1. The molecule has 0 aliphatic heterocycles. The van der Waals surface area contributed by atoms with Gasteiger partial charge in [0.2, 0.25) is 0 Å². The maximum Gasteiger partial charge on any atom is 0.129 e. The third-order valence-electron chi connectivity index (χ3n) is 14.1. The summed E-state index contributed by atoms with van der Waals surface area (Å²) in [6, 6.07) is 39.8. The minimum Gasteiger partial charge on any atom is -0.507 e. The van der Waals surface area contributed by atoms with Gasteiger partial charge in [-0.2, -0.15) is 0 Å². The van der Waals surface area contributed by atoms with Crippen LogP contribution in [0.25, 0.3) is 86.3 Å². The number of phenolic OH excluding ortho intramolecular Hbond substituents is 2. The summed E-state index contributed by atoms with van der Waals surface area (Å²) in [4.78, 5) is 20.5. The third-order valence-corrected chi connectivity index (χ3v) is 16.2. The van der Waals surface area contributed by atoms with Crippen LogP contribution < -0.4 is 0 Å². The van der Waals surface area contributed by atoms with E-state index in [1.807, 2.05) is 0 Å². The summed E-state index contributed by atoms with van der Waals surface area (Å²) in [5, 5.41) is 25.3. The zero-order valence-corrected chi connectivity index (χ0v) is 53.5. The van der Waals surface area contributed by atoms with Crippen molar-refractivity contribution in [2.75, 3.05) is 0 Å². The van der Waals surface area contributed by atoms with Gasteiger partial charge in [-0.1, -0.05) is 189 Å². The number of aromatic nitrogens is 4. The van der Waals surface area contributed by atoms with Crippen molar-refractivity contribution in [3.05, 3.63) is 143 Å². The normalized spacial score (nSPS) is 12.8. The molecule has 3 heterocycles. The monoisotopic (exact) mass is 1410 g/mol. The van der Waals surface area contributed by atoms with Crippen LogP contribution in [0.1, 0.15) is 158 Å². The van der Waals surface area contributed by atoms with Gasteiger partial charge in [0, 0.05) is 74.0 Å². The van der Waals surface area contributed by atoms with Gasteiger partial charge in [-0.05, 0) is 67.9 Å². The van der Waals surface area contributed by atoms with E-state index in [0.29, 0.717) is 0 Å². The summed E-state index contributed by atoms with van der Waals surface area (Å²) >= 11 is 3.21. The molecule has 0 saturated carbocycles. The predicted octanol–water partition coefficient (Wildman–Crippen LogP) is 18.5. The topological polar surface area (TPSA) is 92.0 Å². The number of para-hydroxylation sites is 2. The molecular formula is C66H72N4O2Pt2S2-2. The minimum absolute atomic E-state index is 0. The molecule has 9 aromatic rings. The second-order valence-corrected chi connectivity index (χ2v) is 28.4. The largest absolute Gasteiger partial charge is 0.507 e. The molecule has 6 nitrogen and oxygen atoms in total. The Labute approximate surface area is 488 Å². The molecule has 2 N–H and O–H groups in total. The van der Waals surface area contributed by atoms with Crippen LogP contribution in [0.4, 0.5) is 0 Å². The summed E-state index contributed by atoms with van der Waals surface area (Å²) in [5.41, 5.74) is 15.5. The van der Waals surface area contributed by atoms with Crippen LogP contribution in [-0.2, 0) is 74.6 Å². The molecule has 0 atom stereocenters. The first-order valence-electron chi connectivity index (χ1n) is 25.8. The molecule has 9 rings (SSSR count). The van der Waals surface area contributed by atoms with E-state index >= 15 is 0 Å². The van der Waals surface area contributed by atoms with E-state index in [1.54, 1.807) is 29.0 Å². The first-order valence-corrected chi connectivity index (χ1v) is 27.4. The Morgan fingerprint density at radius 1 is 0.382 bits per heavy atom. The molecule has 0 unspecified atom stereocenters. The predicted molar refractivity (Wildman–Crippen MR) is 314 cm³/mol. The van der Waals surface area contributed by atoms with Crippen molar-refractivity contribution in [2.45, 2.75) is 157 Å². The summed E-state index contributed by atoms with van der Waals surface area (Å²) in [5.74, 6) is 0.573. The van der Waals surface area contributed by atoms with Crippen LogP contribution in [0, 0.1) is 12.1 Å². The first-order chi connectivity index (χ1) is 34.3. The molecule has 0 aliphatic carbocycles. The fourth-order valence-electron chi connectivity index (χ4n) is 9.39. The van der Waals surface area contributed by atoms with Crippen molar-refractivity contribution in [3.63, 3.8) is 0 Å². The Morgan fingerprint density at radius 2 is 0.711 bits per heavy atom. The van der Waals surface area contributed by atoms with Gasteiger partial charge in [-0.3, -0.25) is 9.97 Å². The van der Waals surface area contributed by atoms with Crippen molar-refractivity contribution < 1.29 is 52.3 Å². The average Bonchev–Trinajstić information content (AvgIpc) is 3.94. The number of fused-ring (bicyclic) bond motifs is 2. The number of hydrogen-bond acceptors (Lipinski definition) is 8. The van der Waals surface area contributed by atoms with E-state index in [-0.39, 0.29) is 86.1 Å². The Morgan fingerprint density at radius 3 is 1.04 bits per heavy atom. The number of nitrogens with zero attached hydrogens (tertiary/aromatic N) is 4. The Hall–Kier alpha value is -4.84. The van der Waals surface area contributed by atoms with Crippen LogP contribution in [0.15, 0.2) is 97.3 Å². The third kappa shape index (κ3) is 11.8. The van der Waals surface area contributed by atoms with Crippen LogP contribution in [0.5, 0.6) is 11.5 Å². The molecule has 0 aliphatic rings. The Balaban J connectivity index is 0.00000420. The van der Waals surface area contributed by atoms with Crippen LogP contribution in [0.3, 0.4) is 0 Å². The van der Waals surface area contributed by atoms with Crippen molar-refractivity contribution in [3.8, 4) is 77.4 Å². The molecule has 0 radical (unpaired) electrons. The fraction of sp³-hybridized carbons (Fsp3) is 0.364. The van der Waals surface area contributed by atoms with Crippen molar-refractivity contribution in [2.24, 2.45) is 0 Å². The van der Waals surface area contributed by atoms with Gasteiger partial charge in [0.25, 0.3) is 0 Å². The maximum absolute atomic E-state index is 11.9. The van der Waals surface area contributed by atoms with E-state index in [4.69, 9.17) is 19.9 Å². The molecule has 76 heavy (non-hydrogen) atoms. The molecule has 402 valence electrons. The van der Waals surface area contributed by atoms with Gasteiger partial charge in [-0.25, -0.2) is 9.97 Å². The average molecular weight is 1410 g/mol. The van der Waals surface area contributed by atoms with E-state index in [9.17, 15) is 10.2 Å². The summed E-state index contributed by atoms with van der Waals surface area (Å²) in [7, 11) is 0. The van der Waals surface area contributed by atoms with E-state index in [1.165, 1.54) is 0 Å². The molecule has 6 aromatic carbocycles. The molecule has 10 heteroatoms. The number of thiazole rings is 2. The standard InChI is InChI=1S/C66H72N4O2S2.2Pt/c1-61(2,3)41-27-37(45-21-19-23-53-55(45)69-59(73-53)47-31-43(63(7,8)9)33-49(57(47)71)65(13,14)15)25-39(29-41)51-35-52(68-36-67-51)40-26-38(28-42(30-40)62(4,5)6)46-22-20-24-54-56(46)70-60(74-54)48-32-44(64(10,11)12)34-50(58(48)72)66(16,17)18;;/h19-24,27-36,71-72H,1-18H3;;/q-2;;. The molecule has 0 amide bonds. The quantitative estimate of drug-likeness (QED) is 0.161. The van der Waals surface area contributed by atoms with Crippen molar-refractivity contribution in [1.29, 1.82) is 0 Å². The van der Waals surface area contributed by atoms with Crippen LogP contribution in [0.2, 0.25) is 0 Å². The van der Waals surface area contributed by atoms with Gasteiger partial charge in [0.1, 0.15) is 21.5 Å². The molecule has 3 aromatic heterocycles. The minimum atomic E-state index is -0.262. The maximum atomic E-state index is 11.9. The van der Waals surface area contributed by atoms with Gasteiger partial charge in [-0.15, -0.1) is 81.3 Å². The SMILES string of the molecule is CC(C)(C)c1cc(-c2cc(-c3[c-]c(-c4cccc5sc(-c6cc(C(C)(C)C)cc(C(C)(C)C)c6O)nc45)cc(C(C)(C)C)c3)ncn2)[c-]c(-c2cccc3sc(-c4cc(C(C)(C)C)cc(C(C)(C)C)c4O)nc23)c1.[Pt].[Pt]. The summed E-state index contributed by atoms with van der Waals surface area (Å²) in [6.07, 6.45) is 1.65. The molecule has 0 saturated heterocycles. The number of benzene rings is 6. The van der Waals surface area contributed by atoms with Gasteiger partial charge < -0.3 is 10.2 Å². The molecular weight excluding hydrogens is 1340 g/mol. The second kappa shape index (κ2) is 20.8. The molecule has 0 spiro atoms. The van der Waals surface area contributed by atoms with E-state index in [2.05, 4.69) is 228 Å². The van der Waals surface area contributed by atoms with Crippen molar-refractivity contribution >= 4 is 43.1 Å². The first kappa shape index (κ1) is 58.8. The van der Waals surface area contributed by atoms with Gasteiger partial charge in [0.15, 0.2) is 0 Å². The smallest absolute Gasteiger partial charge is 0.129 e. The number of rotatable bonds is 6. The van der Waals surface area contributed by atoms with Crippen LogP contribution >= 0.6 is 22.7 Å². The molecule has 0 bridgehead atoms. The fourth-order valence-corrected chi connectivity index (χ4v) is 11.4. The Bertz CT molecular complexity index is 3420. The zero-order valence-electron chi connectivity index (χ0n) is 47.4.